The highest BCUT2D eigenvalue weighted by Gasteiger charge is 2.11. The molecule has 0 aliphatic heterocycles. The minimum Gasteiger partial charge on any atom is -0.489 e. The number of nitro benzene ring substituents is 1. The number of halogens is 1. The molecule has 1 amide bonds. The number of nitriles is 1. The van der Waals surface area contributed by atoms with Crippen molar-refractivity contribution in [2.75, 3.05) is 5.32 Å². The lowest BCUT2D eigenvalue weighted by Gasteiger charge is -2.07. The van der Waals surface area contributed by atoms with Crippen LogP contribution in [0.4, 0.5) is 11.4 Å². The third kappa shape index (κ3) is 6.16. The highest BCUT2D eigenvalue weighted by molar-refractivity contribution is 6.30. The van der Waals surface area contributed by atoms with Crippen LogP contribution < -0.4 is 10.1 Å². The fraction of sp³-hybridized carbons (Fsp3) is 0.0435. The van der Waals surface area contributed by atoms with Gasteiger partial charge in [0, 0.05) is 22.8 Å². The minimum absolute atomic E-state index is 0.0910. The predicted molar refractivity (Wildman–Crippen MR) is 118 cm³/mol. The molecule has 0 aliphatic carbocycles. The highest BCUT2D eigenvalue weighted by Crippen LogP contribution is 2.19. The van der Waals surface area contributed by atoms with Crippen LogP contribution in [0, 0.1) is 21.4 Å². The molecule has 0 saturated heterocycles. The second-order valence-corrected chi connectivity index (χ2v) is 6.85. The van der Waals surface area contributed by atoms with Gasteiger partial charge in [-0.1, -0.05) is 35.9 Å². The van der Waals surface area contributed by atoms with Crippen molar-refractivity contribution in [2.45, 2.75) is 6.61 Å². The van der Waals surface area contributed by atoms with Gasteiger partial charge in [0.25, 0.3) is 11.6 Å². The molecule has 0 heterocycles. The first-order chi connectivity index (χ1) is 14.9. The van der Waals surface area contributed by atoms with Crippen LogP contribution in [0.15, 0.2) is 78.4 Å². The maximum absolute atomic E-state index is 12.3. The number of carbonyl (C=O) groups excluding carboxylic acids is 1. The predicted octanol–water partition coefficient (Wildman–Crippen LogP) is 5.37. The van der Waals surface area contributed by atoms with Gasteiger partial charge in [-0.15, -0.1) is 0 Å². The standard InChI is InChI=1S/C23H16ClN3O4/c24-19-3-1-2-17(13-19)15-31-22-10-4-16(5-11-22)12-18(14-25)23(28)26-20-6-8-21(9-7-20)27(29)30/h1-13H,15H2,(H,26,28). The number of hydrogen-bond donors (Lipinski definition) is 1. The molecule has 0 fully saturated rings. The number of carbonyl (C=O) groups is 1. The average Bonchev–Trinajstić information content (AvgIpc) is 2.77. The number of non-ortho nitro benzene ring substituents is 1. The van der Waals surface area contributed by atoms with Gasteiger partial charge in [-0.3, -0.25) is 14.9 Å². The number of nitrogens with zero attached hydrogens (tertiary/aromatic N) is 2. The van der Waals surface area contributed by atoms with E-state index in [-0.39, 0.29) is 11.3 Å². The third-order valence-corrected chi connectivity index (χ3v) is 4.42. The van der Waals surface area contributed by atoms with E-state index in [0.717, 1.165) is 5.56 Å². The summed E-state index contributed by atoms with van der Waals surface area (Å²) in [6.45, 7) is 0.358. The second kappa shape index (κ2) is 10.1. The highest BCUT2D eigenvalue weighted by atomic mass is 35.5. The van der Waals surface area contributed by atoms with Gasteiger partial charge in [-0.2, -0.15) is 5.26 Å². The van der Waals surface area contributed by atoms with Gasteiger partial charge in [0.05, 0.1) is 4.92 Å². The van der Waals surface area contributed by atoms with E-state index in [4.69, 9.17) is 16.3 Å². The molecule has 8 heteroatoms. The van der Waals surface area contributed by atoms with Gasteiger partial charge in [0.1, 0.15) is 24.0 Å². The number of amides is 1. The van der Waals surface area contributed by atoms with Crippen LogP contribution in [0.3, 0.4) is 0 Å². The van der Waals surface area contributed by atoms with Gasteiger partial charge in [0.15, 0.2) is 0 Å². The number of ether oxygens (including phenoxy) is 1. The van der Waals surface area contributed by atoms with E-state index in [1.54, 1.807) is 30.3 Å². The Hall–Kier alpha value is -4.15. The summed E-state index contributed by atoms with van der Waals surface area (Å²) in [5.74, 6) is 0.0172. The molecule has 7 nitrogen and oxygen atoms in total. The molecule has 3 aromatic carbocycles. The molecule has 1 N–H and O–H groups in total. The van der Waals surface area contributed by atoms with E-state index in [1.807, 2.05) is 24.3 Å². The molecule has 0 aliphatic rings. The Morgan fingerprint density at radius 2 is 1.84 bits per heavy atom. The summed E-state index contributed by atoms with van der Waals surface area (Å²) < 4.78 is 5.71. The fourth-order valence-electron chi connectivity index (χ4n) is 2.63. The number of rotatable bonds is 7. The lowest BCUT2D eigenvalue weighted by Crippen LogP contribution is -2.13. The molecule has 0 radical (unpaired) electrons. The zero-order valence-electron chi connectivity index (χ0n) is 16.1. The van der Waals surface area contributed by atoms with Crippen LogP contribution in [0.25, 0.3) is 6.08 Å². The van der Waals surface area contributed by atoms with Crippen LogP contribution in [-0.4, -0.2) is 10.8 Å². The SMILES string of the molecule is N#CC(=Cc1ccc(OCc2cccc(Cl)c2)cc1)C(=O)Nc1ccc([N+](=O)[O-])cc1. The number of nitrogens with one attached hydrogen (secondary N) is 1. The van der Waals surface area contributed by atoms with E-state index in [9.17, 15) is 20.2 Å². The van der Waals surface area contributed by atoms with Crippen LogP contribution in [-0.2, 0) is 11.4 Å². The molecular formula is C23H16ClN3O4. The first-order valence-corrected chi connectivity index (χ1v) is 9.47. The molecule has 0 unspecified atom stereocenters. The summed E-state index contributed by atoms with van der Waals surface area (Å²) in [6.07, 6.45) is 1.45. The Bertz CT molecular complexity index is 1170. The van der Waals surface area contributed by atoms with E-state index in [1.165, 1.54) is 30.3 Å². The third-order valence-electron chi connectivity index (χ3n) is 4.19. The van der Waals surface area contributed by atoms with Crippen molar-refractivity contribution in [1.29, 1.82) is 5.26 Å². The smallest absolute Gasteiger partial charge is 0.269 e. The van der Waals surface area contributed by atoms with Gasteiger partial charge in [-0.25, -0.2) is 0 Å². The van der Waals surface area contributed by atoms with Gasteiger partial charge >= 0.3 is 0 Å². The van der Waals surface area contributed by atoms with Crippen molar-refractivity contribution < 1.29 is 14.5 Å². The first-order valence-electron chi connectivity index (χ1n) is 9.09. The molecule has 3 aromatic rings. The summed E-state index contributed by atoms with van der Waals surface area (Å²) >= 11 is 5.96. The zero-order valence-corrected chi connectivity index (χ0v) is 16.9. The lowest BCUT2D eigenvalue weighted by atomic mass is 10.1. The van der Waals surface area contributed by atoms with Crippen molar-refractivity contribution in [3.8, 4) is 11.8 Å². The second-order valence-electron chi connectivity index (χ2n) is 6.42. The summed E-state index contributed by atoms with van der Waals surface area (Å²) in [5.41, 5.74) is 1.73. The van der Waals surface area contributed by atoms with E-state index < -0.39 is 10.8 Å². The molecular weight excluding hydrogens is 418 g/mol. The number of benzene rings is 3. The van der Waals surface area contributed by atoms with E-state index in [0.29, 0.717) is 28.6 Å². The van der Waals surface area contributed by atoms with Gasteiger partial charge in [-0.05, 0) is 53.6 Å². The maximum atomic E-state index is 12.3. The Kier molecular flexibility index (Phi) is 6.99. The fourth-order valence-corrected chi connectivity index (χ4v) is 2.85. The van der Waals surface area contributed by atoms with Crippen LogP contribution in [0.1, 0.15) is 11.1 Å². The molecule has 0 saturated carbocycles. The summed E-state index contributed by atoms with van der Waals surface area (Å²) in [7, 11) is 0. The normalized spacial score (nSPS) is 10.8. The Balaban J connectivity index is 1.63. The Morgan fingerprint density at radius 3 is 2.45 bits per heavy atom. The largest absolute Gasteiger partial charge is 0.489 e. The molecule has 3 rings (SSSR count). The minimum atomic E-state index is -0.613. The van der Waals surface area contributed by atoms with Crippen LogP contribution in [0.2, 0.25) is 5.02 Å². The summed E-state index contributed by atoms with van der Waals surface area (Å²) in [5, 5.41) is 23.2. The Labute approximate surface area is 183 Å². The molecule has 0 aromatic heterocycles. The summed E-state index contributed by atoms with van der Waals surface area (Å²) in [6, 6.07) is 21.5. The quantitative estimate of drug-likeness (QED) is 0.233. The molecule has 0 atom stereocenters. The average molecular weight is 434 g/mol. The number of anilines is 1. The van der Waals surface area contributed by atoms with Crippen molar-refractivity contribution in [3.63, 3.8) is 0 Å². The van der Waals surface area contributed by atoms with Crippen LogP contribution in [0.5, 0.6) is 5.75 Å². The topological polar surface area (TPSA) is 105 Å². The van der Waals surface area contributed by atoms with Crippen molar-refractivity contribution in [3.05, 3.63) is 105 Å². The van der Waals surface area contributed by atoms with Gasteiger partial charge < -0.3 is 10.1 Å². The van der Waals surface area contributed by atoms with Crippen molar-refractivity contribution in [2.24, 2.45) is 0 Å². The first kappa shape index (κ1) is 21.6. The zero-order chi connectivity index (χ0) is 22.2. The van der Waals surface area contributed by atoms with Gasteiger partial charge in [0.2, 0.25) is 0 Å². The number of hydrogen-bond acceptors (Lipinski definition) is 5. The van der Waals surface area contributed by atoms with Crippen molar-refractivity contribution >= 4 is 35.0 Å². The lowest BCUT2D eigenvalue weighted by molar-refractivity contribution is -0.384. The van der Waals surface area contributed by atoms with E-state index >= 15 is 0 Å². The molecule has 0 bridgehead atoms. The maximum Gasteiger partial charge on any atom is 0.269 e. The summed E-state index contributed by atoms with van der Waals surface area (Å²) in [4.78, 5) is 22.5. The van der Waals surface area contributed by atoms with E-state index in [2.05, 4.69) is 5.32 Å². The Morgan fingerprint density at radius 1 is 1.13 bits per heavy atom. The van der Waals surface area contributed by atoms with Crippen molar-refractivity contribution in [1.82, 2.24) is 0 Å². The molecule has 31 heavy (non-hydrogen) atoms. The molecule has 154 valence electrons. The monoisotopic (exact) mass is 433 g/mol. The molecule has 0 spiro atoms. The van der Waals surface area contributed by atoms with Crippen LogP contribution >= 0.6 is 11.6 Å². The number of nitro groups is 1.